The molecule has 0 atom stereocenters. The monoisotopic (exact) mass is 310 g/mol. The predicted molar refractivity (Wildman–Crippen MR) is 76.3 cm³/mol. The van der Waals surface area contributed by atoms with Crippen molar-refractivity contribution in [2.45, 2.75) is 11.8 Å². The molecule has 0 unspecified atom stereocenters. The molecular formula is C13H14N2O5S. The molecule has 8 heteroatoms. The second-order valence-corrected chi connectivity index (χ2v) is 5.91. The number of sulfonamides is 1. The van der Waals surface area contributed by atoms with E-state index in [1.54, 1.807) is 19.1 Å². The minimum Gasteiger partial charge on any atom is -0.495 e. The molecule has 21 heavy (non-hydrogen) atoms. The Morgan fingerprint density at radius 1 is 1.33 bits per heavy atom. The van der Waals surface area contributed by atoms with Crippen LogP contribution in [0.15, 0.2) is 35.4 Å². The maximum atomic E-state index is 12.4. The average molecular weight is 310 g/mol. The molecule has 1 aromatic heterocycles. The Morgan fingerprint density at radius 3 is 2.62 bits per heavy atom. The number of nitrogens with one attached hydrogen (secondary N) is 2. The Hall–Kier alpha value is -2.48. The first-order chi connectivity index (χ1) is 9.86. The number of carboxylic acid groups (broad SMARTS) is 1. The number of methoxy groups -OCH3 is 1. The number of aromatic amines is 1. The van der Waals surface area contributed by atoms with Crippen molar-refractivity contribution in [1.29, 1.82) is 0 Å². The molecule has 0 radical (unpaired) electrons. The van der Waals surface area contributed by atoms with Crippen molar-refractivity contribution in [2.24, 2.45) is 0 Å². The third-order valence-corrected chi connectivity index (χ3v) is 4.30. The number of hydrogen-bond acceptors (Lipinski definition) is 4. The van der Waals surface area contributed by atoms with Gasteiger partial charge in [-0.25, -0.2) is 13.2 Å². The standard InChI is InChI=1S/C13H14N2O5S/c1-8-12(13(16)17)9(7-14-8)15-21(18,19)11-6-4-3-5-10(11)20-2/h3-7,14-15H,1-2H3,(H,16,17). The van der Waals surface area contributed by atoms with Crippen LogP contribution in [-0.2, 0) is 10.0 Å². The fourth-order valence-electron chi connectivity index (χ4n) is 1.92. The molecule has 112 valence electrons. The molecular weight excluding hydrogens is 296 g/mol. The third kappa shape index (κ3) is 2.84. The lowest BCUT2D eigenvalue weighted by molar-refractivity contribution is 0.0697. The Morgan fingerprint density at radius 2 is 2.00 bits per heavy atom. The lowest BCUT2D eigenvalue weighted by Gasteiger charge is -2.11. The first-order valence-corrected chi connectivity index (χ1v) is 7.42. The Labute approximate surface area is 121 Å². The second-order valence-electron chi connectivity index (χ2n) is 4.26. The van der Waals surface area contributed by atoms with Crippen LogP contribution < -0.4 is 9.46 Å². The molecule has 2 rings (SSSR count). The highest BCUT2D eigenvalue weighted by Crippen LogP contribution is 2.27. The summed E-state index contributed by atoms with van der Waals surface area (Å²) in [5, 5.41) is 9.12. The number of hydrogen-bond donors (Lipinski definition) is 3. The van der Waals surface area contributed by atoms with Gasteiger partial charge >= 0.3 is 5.97 Å². The predicted octanol–water partition coefficient (Wildman–Crippen LogP) is 1.83. The van der Waals surface area contributed by atoms with Gasteiger partial charge in [-0.15, -0.1) is 0 Å². The van der Waals surface area contributed by atoms with Crippen molar-refractivity contribution in [3.8, 4) is 5.75 Å². The summed E-state index contributed by atoms with van der Waals surface area (Å²) in [6.07, 6.45) is 1.30. The van der Waals surface area contributed by atoms with Gasteiger partial charge in [0.25, 0.3) is 10.0 Å². The van der Waals surface area contributed by atoms with Crippen molar-refractivity contribution < 1.29 is 23.1 Å². The number of aryl methyl sites for hydroxylation is 1. The van der Waals surface area contributed by atoms with Crippen molar-refractivity contribution in [3.05, 3.63) is 41.7 Å². The van der Waals surface area contributed by atoms with Crippen LogP contribution in [0.1, 0.15) is 16.1 Å². The number of para-hydroxylation sites is 1. The smallest absolute Gasteiger partial charge is 0.339 e. The van der Waals surface area contributed by atoms with Crippen LogP contribution in [0.5, 0.6) is 5.75 Å². The van der Waals surface area contributed by atoms with Crippen LogP contribution in [0.2, 0.25) is 0 Å². The summed E-state index contributed by atoms with van der Waals surface area (Å²) < 4.78 is 32.0. The van der Waals surface area contributed by atoms with E-state index in [1.165, 1.54) is 25.4 Å². The molecule has 0 aliphatic heterocycles. The number of H-pyrrole nitrogens is 1. The summed E-state index contributed by atoms with van der Waals surface area (Å²) in [6, 6.07) is 6.08. The minimum atomic E-state index is -3.96. The van der Waals surface area contributed by atoms with Crippen molar-refractivity contribution in [2.75, 3.05) is 11.8 Å². The molecule has 0 fully saturated rings. The maximum absolute atomic E-state index is 12.4. The van der Waals surface area contributed by atoms with Gasteiger partial charge in [0, 0.05) is 11.9 Å². The van der Waals surface area contributed by atoms with Crippen LogP contribution in [-0.4, -0.2) is 31.6 Å². The van der Waals surface area contributed by atoms with Gasteiger partial charge in [-0.3, -0.25) is 4.72 Å². The summed E-state index contributed by atoms with van der Waals surface area (Å²) in [7, 11) is -2.60. The second kappa shape index (κ2) is 5.49. The molecule has 0 saturated heterocycles. The number of carboxylic acids is 1. The normalized spacial score (nSPS) is 11.1. The van der Waals surface area contributed by atoms with Crippen molar-refractivity contribution in [3.63, 3.8) is 0 Å². The molecule has 1 heterocycles. The third-order valence-electron chi connectivity index (χ3n) is 2.89. The number of ether oxygens (including phenoxy) is 1. The first-order valence-electron chi connectivity index (χ1n) is 5.94. The first kappa shape index (κ1) is 14.9. The zero-order valence-electron chi connectivity index (χ0n) is 11.4. The summed E-state index contributed by atoms with van der Waals surface area (Å²) >= 11 is 0. The zero-order valence-corrected chi connectivity index (χ0v) is 12.2. The van der Waals surface area contributed by atoms with E-state index in [4.69, 9.17) is 9.84 Å². The van der Waals surface area contributed by atoms with Gasteiger partial charge in [0.1, 0.15) is 16.2 Å². The molecule has 0 aliphatic carbocycles. The highest BCUT2D eigenvalue weighted by molar-refractivity contribution is 7.92. The highest BCUT2D eigenvalue weighted by atomic mass is 32.2. The molecule has 0 bridgehead atoms. The van der Waals surface area contributed by atoms with E-state index in [-0.39, 0.29) is 21.9 Å². The molecule has 0 saturated carbocycles. The summed E-state index contributed by atoms with van der Waals surface area (Å²) in [6.45, 7) is 1.55. The number of anilines is 1. The van der Waals surface area contributed by atoms with Gasteiger partial charge in [0.05, 0.1) is 12.8 Å². The molecule has 2 aromatic rings. The number of aromatic carboxylic acids is 1. The van der Waals surface area contributed by atoms with E-state index in [0.29, 0.717) is 5.69 Å². The Kier molecular flexibility index (Phi) is 3.90. The molecule has 1 aromatic carbocycles. The van der Waals surface area contributed by atoms with Gasteiger partial charge in [-0.05, 0) is 19.1 Å². The topological polar surface area (TPSA) is 108 Å². The average Bonchev–Trinajstić information content (AvgIpc) is 2.79. The lowest BCUT2D eigenvalue weighted by atomic mass is 10.2. The van der Waals surface area contributed by atoms with E-state index >= 15 is 0 Å². The fraction of sp³-hybridized carbons (Fsp3) is 0.154. The highest BCUT2D eigenvalue weighted by Gasteiger charge is 2.23. The molecule has 0 aliphatic rings. The van der Waals surface area contributed by atoms with Crippen LogP contribution >= 0.6 is 0 Å². The van der Waals surface area contributed by atoms with Crippen LogP contribution in [0, 0.1) is 6.92 Å². The largest absolute Gasteiger partial charge is 0.495 e. The van der Waals surface area contributed by atoms with Crippen LogP contribution in [0.3, 0.4) is 0 Å². The summed E-state index contributed by atoms with van der Waals surface area (Å²) in [4.78, 5) is 13.8. The summed E-state index contributed by atoms with van der Waals surface area (Å²) in [5.41, 5.74) is 0.222. The summed E-state index contributed by atoms with van der Waals surface area (Å²) in [5.74, 6) is -1.04. The quantitative estimate of drug-likeness (QED) is 0.780. The van der Waals surface area contributed by atoms with Gasteiger partial charge in [0.2, 0.25) is 0 Å². The number of aromatic nitrogens is 1. The molecule has 3 N–H and O–H groups in total. The fourth-order valence-corrected chi connectivity index (χ4v) is 3.16. The van der Waals surface area contributed by atoms with E-state index in [0.717, 1.165) is 0 Å². The van der Waals surface area contributed by atoms with Crippen LogP contribution in [0.4, 0.5) is 5.69 Å². The molecule has 0 amide bonds. The van der Waals surface area contributed by atoms with Gasteiger partial charge < -0.3 is 14.8 Å². The van der Waals surface area contributed by atoms with E-state index in [9.17, 15) is 13.2 Å². The van der Waals surface area contributed by atoms with Gasteiger partial charge in [0.15, 0.2) is 0 Å². The minimum absolute atomic E-state index is 0.0223. The zero-order chi connectivity index (χ0) is 15.6. The number of benzene rings is 1. The van der Waals surface area contributed by atoms with Crippen LogP contribution in [0.25, 0.3) is 0 Å². The maximum Gasteiger partial charge on any atom is 0.339 e. The van der Waals surface area contributed by atoms with E-state index in [2.05, 4.69) is 9.71 Å². The lowest BCUT2D eigenvalue weighted by Crippen LogP contribution is -2.15. The van der Waals surface area contributed by atoms with E-state index in [1.807, 2.05) is 0 Å². The number of carbonyl (C=O) groups is 1. The van der Waals surface area contributed by atoms with Gasteiger partial charge in [-0.1, -0.05) is 12.1 Å². The van der Waals surface area contributed by atoms with Gasteiger partial charge in [-0.2, -0.15) is 0 Å². The Balaban J connectivity index is 2.45. The van der Waals surface area contributed by atoms with Crippen molar-refractivity contribution in [1.82, 2.24) is 4.98 Å². The number of rotatable bonds is 5. The van der Waals surface area contributed by atoms with Crippen molar-refractivity contribution >= 4 is 21.7 Å². The van der Waals surface area contributed by atoms with E-state index < -0.39 is 16.0 Å². The molecule has 0 spiro atoms. The molecule has 7 nitrogen and oxygen atoms in total. The SMILES string of the molecule is COc1ccccc1S(=O)(=O)Nc1c[nH]c(C)c1C(=O)O. The Bertz CT molecular complexity index is 780.